The van der Waals surface area contributed by atoms with Crippen molar-refractivity contribution in [3.63, 3.8) is 0 Å². The fourth-order valence-corrected chi connectivity index (χ4v) is 3.55. The van der Waals surface area contributed by atoms with Crippen molar-refractivity contribution in [2.45, 2.75) is 39.2 Å². The Balaban J connectivity index is 2.26. The van der Waals surface area contributed by atoms with Crippen molar-refractivity contribution < 1.29 is 19.2 Å². The van der Waals surface area contributed by atoms with Crippen LogP contribution in [-0.4, -0.2) is 71.1 Å². The van der Waals surface area contributed by atoms with E-state index in [0.29, 0.717) is 32.3 Å². The summed E-state index contributed by atoms with van der Waals surface area (Å²) in [4.78, 5) is 54.4. The number of carbonyl (C=O) groups excluding carboxylic acids is 4. The number of nitrogens with zero attached hydrogens (tertiary/aromatic N) is 2. The molecule has 0 radical (unpaired) electrons. The maximum atomic E-state index is 13.3. The molecule has 168 valence electrons. The molecule has 9 heteroatoms. The van der Waals surface area contributed by atoms with Crippen LogP contribution in [0.25, 0.3) is 10.9 Å². The number of hydrogen-bond donors (Lipinski definition) is 3. The van der Waals surface area contributed by atoms with E-state index in [4.69, 9.17) is 5.73 Å². The molecule has 4 amide bonds. The summed E-state index contributed by atoms with van der Waals surface area (Å²) in [6, 6.07) is 6.78. The molecule has 1 atom stereocenters. The van der Waals surface area contributed by atoms with E-state index in [9.17, 15) is 19.2 Å². The average molecular weight is 430 g/mol. The van der Waals surface area contributed by atoms with E-state index in [1.807, 2.05) is 44.3 Å². The van der Waals surface area contributed by atoms with Crippen LogP contribution in [-0.2, 0) is 25.6 Å². The first-order valence-electron chi connectivity index (χ1n) is 10.5. The number of benzene rings is 1. The molecule has 0 fully saturated rings. The topological polar surface area (TPSA) is 129 Å². The van der Waals surface area contributed by atoms with Crippen LogP contribution < -0.4 is 11.1 Å². The molecule has 1 aromatic carbocycles. The Morgan fingerprint density at radius 2 is 1.84 bits per heavy atom. The van der Waals surface area contributed by atoms with Gasteiger partial charge in [0, 0.05) is 36.6 Å². The van der Waals surface area contributed by atoms with Crippen molar-refractivity contribution in [2.24, 2.45) is 5.73 Å². The first-order valence-corrected chi connectivity index (χ1v) is 10.5. The minimum atomic E-state index is -0.896. The van der Waals surface area contributed by atoms with E-state index in [0.717, 1.165) is 16.5 Å². The van der Waals surface area contributed by atoms with Gasteiger partial charge in [-0.3, -0.25) is 19.2 Å². The highest BCUT2D eigenvalue weighted by molar-refractivity contribution is 5.92. The minimum absolute atomic E-state index is 0.140. The van der Waals surface area contributed by atoms with Crippen LogP contribution in [0.2, 0.25) is 0 Å². The summed E-state index contributed by atoms with van der Waals surface area (Å²) in [5.41, 5.74) is 7.11. The molecule has 0 saturated heterocycles. The van der Waals surface area contributed by atoms with E-state index in [2.05, 4.69) is 10.3 Å². The molecule has 2 aromatic rings. The quantitative estimate of drug-likeness (QED) is 0.407. The van der Waals surface area contributed by atoms with Crippen molar-refractivity contribution >= 4 is 35.0 Å². The standard InChI is InChI=1S/C22H31N5O4/c1-3-9-26(15-28)14-21(30)25-19(22(31)27(10-4-2)13-20(23)29)11-16-12-24-18-8-6-5-7-17(16)18/h5-8,12,15,19,24H,3-4,9-11,13-14H2,1-2H3,(H2,23,29)(H,25,30). The van der Waals surface area contributed by atoms with Gasteiger partial charge in [-0.2, -0.15) is 0 Å². The van der Waals surface area contributed by atoms with E-state index in [-0.39, 0.29) is 25.4 Å². The summed E-state index contributed by atoms with van der Waals surface area (Å²) in [5.74, 6) is -1.43. The van der Waals surface area contributed by atoms with Gasteiger partial charge in [-0.25, -0.2) is 0 Å². The third kappa shape index (κ3) is 6.84. The van der Waals surface area contributed by atoms with Crippen molar-refractivity contribution in [1.29, 1.82) is 0 Å². The highest BCUT2D eigenvalue weighted by Crippen LogP contribution is 2.19. The van der Waals surface area contributed by atoms with Crippen LogP contribution in [0.5, 0.6) is 0 Å². The second-order valence-electron chi connectivity index (χ2n) is 7.49. The Morgan fingerprint density at radius 1 is 1.13 bits per heavy atom. The van der Waals surface area contributed by atoms with Crippen molar-refractivity contribution in [3.05, 3.63) is 36.0 Å². The van der Waals surface area contributed by atoms with Crippen LogP contribution in [0.3, 0.4) is 0 Å². The molecule has 31 heavy (non-hydrogen) atoms. The normalized spacial score (nSPS) is 11.7. The molecule has 0 aliphatic rings. The van der Waals surface area contributed by atoms with Crippen LogP contribution in [0.1, 0.15) is 32.3 Å². The number of nitrogens with two attached hydrogens (primary N) is 1. The Hall–Kier alpha value is -3.36. The van der Waals surface area contributed by atoms with Crippen molar-refractivity contribution in [1.82, 2.24) is 20.1 Å². The molecular weight excluding hydrogens is 398 g/mol. The van der Waals surface area contributed by atoms with E-state index in [1.54, 1.807) is 0 Å². The molecule has 2 rings (SSSR count). The van der Waals surface area contributed by atoms with E-state index >= 15 is 0 Å². The van der Waals surface area contributed by atoms with Gasteiger partial charge < -0.3 is 25.8 Å². The van der Waals surface area contributed by atoms with Gasteiger partial charge in [-0.05, 0) is 24.5 Å². The van der Waals surface area contributed by atoms with Crippen molar-refractivity contribution in [3.8, 4) is 0 Å². The SMILES string of the molecule is CCCN(C=O)CC(=O)NC(Cc1c[nH]c2ccccc12)C(=O)N(CCC)CC(N)=O. The van der Waals surface area contributed by atoms with Gasteiger partial charge in [0.05, 0.1) is 13.1 Å². The van der Waals surface area contributed by atoms with E-state index in [1.165, 1.54) is 9.80 Å². The predicted molar refractivity (Wildman–Crippen MR) is 118 cm³/mol. The monoisotopic (exact) mass is 429 g/mol. The number of amides is 4. The molecule has 0 aliphatic heterocycles. The molecule has 9 nitrogen and oxygen atoms in total. The molecule has 0 saturated carbocycles. The largest absolute Gasteiger partial charge is 0.368 e. The van der Waals surface area contributed by atoms with Crippen molar-refractivity contribution in [2.75, 3.05) is 26.2 Å². The zero-order valence-corrected chi connectivity index (χ0v) is 18.1. The number of rotatable bonds is 13. The Bertz CT molecular complexity index is 910. The zero-order chi connectivity index (χ0) is 22.8. The molecule has 0 bridgehead atoms. The maximum absolute atomic E-state index is 13.3. The lowest BCUT2D eigenvalue weighted by Gasteiger charge is -2.27. The van der Waals surface area contributed by atoms with Crippen LogP contribution in [0, 0.1) is 0 Å². The number of carbonyl (C=O) groups is 4. The number of primary amides is 1. The number of aromatic nitrogens is 1. The smallest absolute Gasteiger partial charge is 0.245 e. The Kier molecular flexibility index (Phi) is 9.05. The number of nitrogens with one attached hydrogen (secondary N) is 2. The molecule has 1 aromatic heterocycles. The molecule has 0 spiro atoms. The van der Waals surface area contributed by atoms with E-state index < -0.39 is 17.9 Å². The number of para-hydroxylation sites is 1. The second kappa shape index (κ2) is 11.7. The third-order valence-corrected chi connectivity index (χ3v) is 4.89. The van der Waals surface area contributed by atoms with Gasteiger partial charge in [0.15, 0.2) is 0 Å². The maximum Gasteiger partial charge on any atom is 0.245 e. The van der Waals surface area contributed by atoms with Gasteiger partial charge in [-0.15, -0.1) is 0 Å². The first-order chi connectivity index (χ1) is 14.9. The lowest BCUT2D eigenvalue weighted by molar-refractivity contribution is -0.139. The summed E-state index contributed by atoms with van der Waals surface area (Å²) in [6.07, 6.45) is 4.03. The summed E-state index contributed by atoms with van der Waals surface area (Å²) in [5, 5.41) is 3.71. The van der Waals surface area contributed by atoms with Gasteiger partial charge in [0.1, 0.15) is 6.04 Å². The average Bonchev–Trinajstić information content (AvgIpc) is 3.14. The van der Waals surface area contributed by atoms with Crippen LogP contribution >= 0.6 is 0 Å². The first kappa shape index (κ1) is 23.9. The Labute approximate surface area is 181 Å². The third-order valence-electron chi connectivity index (χ3n) is 4.89. The highest BCUT2D eigenvalue weighted by Gasteiger charge is 2.28. The fraction of sp³-hybridized carbons (Fsp3) is 0.455. The molecular formula is C22H31N5O4. The summed E-state index contributed by atoms with van der Waals surface area (Å²) >= 11 is 0. The lowest BCUT2D eigenvalue weighted by atomic mass is 10.0. The van der Waals surface area contributed by atoms with Gasteiger partial charge in [-0.1, -0.05) is 32.0 Å². The van der Waals surface area contributed by atoms with Gasteiger partial charge in [0.2, 0.25) is 24.1 Å². The number of hydrogen-bond acceptors (Lipinski definition) is 4. The summed E-state index contributed by atoms with van der Waals surface area (Å²) in [6.45, 7) is 4.23. The highest BCUT2D eigenvalue weighted by atomic mass is 16.2. The van der Waals surface area contributed by atoms with Crippen LogP contribution in [0.4, 0.5) is 0 Å². The molecule has 1 unspecified atom stereocenters. The van der Waals surface area contributed by atoms with Crippen LogP contribution in [0.15, 0.2) is 30.5 Å². The molecule has 4 N–H and O–H groups in total. The summed E-state index contributed by atoms with van der Waals surface area (Å²) in [7, 11) is 0. The Morgan fingerprint density at radius 3 is 2.48 bits per heavy atom. The van der Waals surface area contributed by atoms with Gasteiger partial charge in [0.25, 0.3) is 0 Å². The molecule has 0 aliphatic carbocycles. The fourth-order valence-electron chi connectivity index (χ4n) is 3.55. The zero-order valence-electron chi connectivity index (χ0n) is 18.1. The second-order valence-corrected chi connectivity index (χ2v) is 7.49. The number of aromatic amines is 1. The molecule has 1 heterocycles. The van der Waals surface area contributed by atoms with Gasteiger partial charge >= 0.3 is 0 Å². The lowest BCUT2D eigenvalue weighted by Crippen LogP contribution is -2.53. The summed E-state index contributed by atoms with van der Waals surface area (Å²) < 4.78 is 0. The minimum Gasteiger partial charge on any atom is -0.368 e. The number of H-pyrrole nitrogens is 1. The predicted octanol–water partition coefficient (Wildman–Crippen LogP) is 0.788. The number of fused-ring (bicyclic) bond motifs is 1.